The van der Waals surface area contributed by atoms with Gasteiger partial charge in [-0.2, -0.15) is 11.8 Å². The number of amides is 2. The minimum Gasteiger partial charge on any atom is -0.465 e. The van der Waals surface area contributed by atoms with Gasteiger partial charge in [0.1, 0.15) is 11.5 Å². The van der Waals surface area contributed by atoms with E-state index in [1.807, 2.05) is 6.07 Å². The molecule has 2 amide bonds. The van der Waals surface area contributed by atoms with E-state index in [4.69, 9.17) is 4.42 Å². The van der Waals surface area contributed by atoms with Crippen LogP contribution in [-0.4, -0.2) is 28.9 Å². The molecule has 0 atom stereocenters. The van der Waals surface area contributed by atoms with Crippen molar-refractivity contribution in [2.45, 2.75) is 25.5 Å². The molecule has 0 aliphatic rings. The van der Waals surface area contributed by atoms with E-state index < -0.39 is 0 Å². The van der Waals surface area contributed by atoms with Gasteiger partial charge in [0.05, 0.1) is 6.26 Å². The number of hydrogen-bond donors (Lipinski definition) is 2. The van der Waals surface area contributed by atoms with Crippen LogP contribution in [0.15, 0.2) is 58.8 Å². The second-order valence-corrected chi connectivity index (χ2v) is 8.53. The Morgan fingerprint density at radius 3 is 2.46 bits per heavy atom. The van der Waals surface area contributed by atoms with Gasteiger partial charge in [0, 0.05) is 28.7 Å². The third-order valence-electron chi connectivity index (χ3n) is 3.28. The van der Waals surface area contributed by atoms with Crippen LogP contribution in [0.2, 0.25) is 0 Å². The molecule has 0 spiro atoms. The monoisotopic (exact) mass is 372 g/mol. The van der Waals surface area contributed by atoms with Crippen molar-refractivity contribution in [1.82, 2.24) is 10.6 Å². The molecule has 0 bridgehead atoms. The fourth-order valence-corrected chi connectivity index (χ4v) is 2.89. The first-order valence-corrected chi connectivity index (χ1v) is 9.37. The minimum absolute atomic E-state index is 0.138. The third kappa shape index (κ3) is 6.80. The fraction of sp³-hybridized carbons (Fsp3) is 0.300. The van der Waals surface area contributed by atoms with Gasteiger partial charge in [-0.15, -0.1) is 0 Å². The Kier molecular flexibility index (Phi) is 7.09. The lowest BCUT2D eigenvalue weighted by molar-refractivity contribution is -0.117. The summed E-state index contributed by atoms with van der Waals surface area (Å²) in [4.78, 5) is 24.9. The Balaban J connectivity index is 2.04. The molecule has 0 unspecified atom stereocenters. The highest BCUT2D eigenvalue weighted by atomic mass is 32.2. The SMILES string of the molecule is CC(C)(C)SCCNC(=O)/C(=C/c1ccco1)NC(=O)c1ccccc1. The fourth-order valence-electron chi connectivity index (χ4n) is 2.08. The van der Waals surface area contributed by atoms with Gasteiger partial charge in [-0.3, -0.25) is 9.59 Å². The number of thioether (sulfide) groups is 1. The van der Waals surface area contributed by atoms with E-state index in [1.54, 1.807) is 48.2 Å². The first kappa shape index (κ1) is 19.8. The van der Waals surface area contributed by atoms with Crippen LogP contribution in [0.1, 0.15) is 36.9 Å². The van der Waals surface area contributed by atoms with Crippen molar-refractivity contribution in [1.29, 1.82) is 0 Å². The molecule has 5 nitrogen and oxygen atoms in total. The Bertz CT molecular complexity index is 747. The zero-order valence-corrected chi connectivity index (χ0v) is 16.1. The maximum Gasteiger partial charge on any atom is 0.267 e. The van der Waals surface area contributed by atoms with E-state index in [0.717, 1.165) is 5.75 Å². The van der Waals surface area contributed by atoms with E-state index in [2.05, 4.69) is 31.4 Å². The summed E-state index contributed by atoms with van der Waals surface area (Å²) in [5.41, 5.74) is 0.628. The number of furan rings is 1. The van der Waals surface area contributed by atoms with Gasteiger partial charge in [-0.05, 0) is 24.3 Å². The lowest BCUT2D eigenvalue weighted by Crippen LogP contribution is -2.36. The largest absolute Gasteiger partial charge is 0.465 e. The summed E-state index contributed by atoms with van der Waals surface area (Å²) < 4.78 is 5.40. The average molecular weight is 372 g/mol. The van der Waals surface area contributed by atoms with Gasteiger partial charge >= 0.3 is 0 Å². The minimum atomic E-state index is -0.347. The Hall–Kier alpha value is -2.47. The van der Waals surface area contributed by atoms with Crippen LogP contribution < -0.4 is 10.6 Å². The highest BCUT2D eigenvalue weighted by molar-refractivity contribution is 8.00. The first-order valence-electron chi connectivity index (χ1n) is 8.39. The first-order chi connectivity index (χ1) is 12.3. The molecule has 0 radical (unpaired) electrons. The van der Waals surface area contributed by atoms with Crippen LogP contribution in [0.3, 0.4) is 0 Å². The lowest BCUT2D eigenvalue weighted by atomic mass is 10.2. The molecular weight excluding hydrogens is 348 g/mol. The molecule has 1 aromatic heterocycles. The van der Waals surface area contributed by atoms with Crippen molar-refractivity contribution < 1.29 is 14.0 Å². The summed E-state index contributed by atoms with van der Waals surface area (Å²) in [6.45, 7) is 6.89. The van der Waals surface area contributed by atoms with Gasteiger partial charge in [-0.25, -0.2) is 0 Å². The maximum absolute atomic E-state index is 12.5. The molecule has 138 valence electrons. The number of carbonyl (C=O) groups excluding carboxylic acids is 2. The van der Waals surface area contributed by atoms with Crippen LogP contribution in [0.25, 0.3) is 6.08 Å². The molecule has 1 aromatic carbocycles. The second-order valence-electron chi connectivity index (χ2n) is 6.61. The standard InChI is InChI=1S/C20H24N2O3S/c1-20(2,3)26-13-11-21-19(24)17(14-16-10-7-12-25-16)22-18(23)15-8-5-4-6-9-15/h4-10,12,14H,11,13H2,1-3H3,(H,21,24)(H,22,23)/b17-14-. The van der Waals surface area contributed by atoms with Crippen molar-refractivity contribution in [3.8, 4) is 0 Å². The number of rotatable bonds is 7. The number of nitrogens with one attached hydrogen (secondary N) is 2. The zero-order chi connectivity index (χ0) is 19.0. The smallest absolute Gasteiger partial charge is 0.267 e. The van der Waals surface area contributed by atoms with E-state index in [-0.39, 0.29) is 22.3 Å². The van der Waals surface area contributed by atoms with Crippen molar-refractivity contribution >= 4 is 29.7 Å². The Labute approximate surface area is 158 Å². The molecule has 0 aliphatic heterocycles. The zero-order valence-electron chi connectivity index (χ0n) is 15.2. The normalized spacial score (nSPS) is 11.9. The molecule has 6 heteroatoms. The van der Waals surface area contributed by atoms with Crippen LogP contribution in [0.5, 0.6) is 0 Å². The summed E-state index contributed by atoms with van der Waals surface area (Å²) in [7, 11) is 0. The van der Waals surface area contributed by atoms with Gasteiger partial charge in [0.2, 0.25) is 0 Å². The van der Waals surface area contributed by atoms with Gasteiger partial charge < -0.3 is 15.1 Å². The van der Waals surface area contributed by atoms with Crippen molar-refractivity contribution in [2.24, 2.45) is 0 Å². The van der Waals surface area contributed by atoms with E-state index in [1.165, 1.54) is 12.3 Å². The van der Waals surface area contributed by atoms with Crippen LogP contribution >= 0.6 is 11.8 Å². The number of carbonyl (C=O) groups is 2. The third-order valence-corrected chi connectivity index (χ3v) is 4.56. The Morgan fingerprint density at radius 1 is 1.12 bits per heavy atom. The topological polar surface area (TPSA) is 71.3 Å². The molecule has 0 aliphatic carbocycles. The highest BCUT2D eigenvalue weighted by Crippen LogP contribution is 2.22. The van der Waals surface area contributed by atoms with E-state index in [0.29, 0.717) is 17.9 Å². The number of benzene rings is 1. The quantitative estimate of drug-likeness (QED) is 0.574. The summed E-state index contributed by atoms with van der Waals surface area (Å²) in [5, 5.41) is 5.51. The lowest BCUT2D eigenvalue weighted by Gasteiger charge is -2.17. The molecule has 0 fully saturated rings. The molecule has 0 saturated heterocycles. The summed E-state index contributed by atoms with van der Waals surface area (Å²) in [6.07, 6.45) is 3.04. The maximum atomic E-state index is 12.5. The summed E-state index contributed by atoms with van der Waals surface area (Å²) >= 11 is 1.76. The molecule has 2 N–H and O–H groups in total. The van der Waals surface area contributed by atoms with Crippen molar-refractivity contribution in [3.63, 3.8) is 0 Å². The van der Waals surface area contributed by atoms with Crippen LogP contribution in [0, 0.1) is 0 Å². The van der Waals surface area contributed by atoms with E-state index >= 15 is 0 Å². The highest BCUT2D eigenvalue weighted by Gasteiger charge is 2.16. The van der Waals surface area contributed by atoms with Crippen LogP contribution in [0.4, 0.5) is 0 Å². The summed E-state index contributed by atoms with van der Waals surface area (Å²) in [6, 6.07) is 12.2. The van der Waals surface area contributed by atoms with E-state index in [9.17, 15) is 9.59 Å². The Morgan fingerprint density at radius 2 is 1.85 bits per heavy atom. The van der Waals surface area contributed by atoms with Gasteiger partial charge in [0.15, 0.2) is 0 Å². The van der Waals surface area contributed by atoms with Gasteiger partial charge in [0.25, 0.3) is 11.8 Å². The molecule has 2 rings (SSSR count). The second kappa shape index (κ2) is 9.29. The average Bonchev–Trinajstić information content (AvgIpc) is 3.11. The number of hydrogen-bond acceptors (Lipinski definition) is 4. The predicted octanol–water partition coefficient (Wildman–Crippen LogP) is 3.70. The summed E-state index contributed by atoms with van der Waals surface area (Å²) in [5.74, 6) is 0.589. The van der Waals surface area contributed by atoms with Gasteiger partial charge in [-0.1, -0.05) is 39.0 Å². The molecule has 26 heavy (non-hydrogen) atoms. The van der Waals surface area contributed by atoms with Crippen LogP contribution in [-0.2, 0) is 4.79 Å². The molecular formula is C20H24N2O3S. The van der Waals surface area contributed by atoms with Crippen molar-refractivity contribution in [3.05, 3.63) is 65.7 Å². The molecule has 0 saturated carbocycles. The van der Waals surface area contributed by atoms with Crippen molar-refractivity contribution in [2.75, 3.05) is 12.3 Å². The molecule has 2 aromatic rings. The predicted molar refractivity (Wildman–Crippen MR) is 106 cm³/mol. The molecule has 1 heterocycles.